The van der Waals surface area contributed by atoms with E-state index in [0.29, 0.717) is 0 Å². The molecule has 4 heterocycles. The molecule has 5 nitrogen and oxygen atoms in total. The number of ether oxygens (including phenoxy) is 1. The van der Waals surface area contributed by atoms with Gasteiger partial charge in [-0.3, -0.25) is 0 Å². The van der Waals surface area contributed by atoms with E-state index < -0.39 is 0 Å². The van der Waals surface area contributed by atoms with Crippen molar-refractivity contribution >= 4 is 11.0 Å². The van der Waals surface area contributed by atoms with Gasteiger partial charge >= 0.3 is 0 Å². The number of fused-ring (bicyclic) bond motifs is 1. The molecule has 1 saturated heterocycles. The monoisotopic (exact) mass is 268 g/mol. The van der Waals surface area contributed by atoms with Crippen LogP contribution in [0, 0.1) is 0 Å². The molecule has 3 aromatic heterocycles. The first-order valence-corrected chi connectivity index (χ1v) is 7.00. The Balaban J connectivity index is 1.72. The number of hydrogen-bond donors (Lipinski definition) is 1. The zero-order valence-electron chi connectivity index (χ0n) is 11.1. The van der Waals surface area contributed by atoms with Crippen LogP contribution in [0.4, 0.5) is 0 Å². The fourth-order valence-corrected chi connectivity index (χ4v) is 2.78. The van der Waals surface area contributed by atoms with Gasteiger partial charge in [0, 0.05) is 36.1 Å². The Morgan fingerprint density at radius 3 is 3.20 bits per heavy atom. The molecule has 1 aliphatic heterocycles. The summed E-state index contributed by atoms with van der Waals surface area (Å²) in [6.45, 7) is 0.831. The third-order valence-corrected chi connectivity index (χ3v) is 3.82. The summed E-state index contributed by atoms with van der Waals surface area (Å²) in [5, 5.41) is 5.59. The fourth-order valence-electron chi connectivity index (χ4n) is 2.78. The maximum absolute atomic E-state index is 5.77. The molecule has 3 aromatic rings. The van der Waals surface area contributed by atoms with Crippen LogP contribution in [0.1, 0.15) is 25.5 Å². The Kier molecular flexibility index (Phi) is 2.77. The molecule has 0 aliphatic carbocycles. The van der Waals surface area contributed by atoms with Crippen molar-refractivity contribution in [1.29, 1.82) is 0 Å². The van der Waals surface area contributed by atoms with Crippen molar-refractivity contribution in [3.05, 3.63) is 36.9 Å². The van der Waals surface area contributed by atoms with Crippen molar-refractivity contribution < 1.29 is 4.74 Å². The lowest BCUT2D eigenvalue weighted by Gasteiger charge is -2.22. The summed E-state index contributed by atoms with van der Waals surface area (Å²) in [4.78, 5) is 7.45. The first-order chi connectivity index (χ1) is 9.92. The predicted molar refractivity (Wildman–Crippen MR) is 76.2 cm³/mol. The van der Waals surface area contributed by atoms with Crippen LogP contribution in [0.3, 0.4) is 0 Å². The molecule has 1 aliphatic rings. The van der Waals surface area contributed by atoms with Crippen molar-refractivity contribution in [1.82, 2.24) is 19.7 Å². The van der Waals surface area contributed by atoms with Crippen LogP contribution in [-0.4, -0.2) is 26.4 Å². The minimum atomic E-state index is 0.0843. The lowest BCUT2D eigenvalue weighted by atomic mass is 10.1. The van der Waals surface area contributed by atoms with Crippen LogP contribution in [-0.2, 0) is 4.74 Å². The Hall–Kier alpha value is -2.14. The number of aromatic amines is 1. The highest BCUT2D eigenvalue weighted by atomic mass is 16.5. The third kappa shape index (κ3) is 1.91. The minimum absolute atomic E-state index is 0.0843. The molecule has 0 radical (unpaired) electrons. The van der Waals surface area contributed by atoms with Crippen LogP contribution in [0.15, 0.2) is 36.9 Å². The number of pyridine rings is 1. The Morgan fingerprint density at radius 1 is 1.30 bits per heavy atom. The first-order valence-electron chi connectivity index (χ1n) is 7.00. The van der Waals surface area contributed by atoms with Crippen molar-refractivity contribution in [2.75, 3.05) is 6.61 Å². The van der Waals surface area contributed by atoms with Crippen LogP contribution in [0.5, 0.6) is 0 Å². The van der Waals surface area contributed by atoms with Crippen LogP contribution in [0.25, 0.3) is 22.2 Å². The summed E-state index contributed by atoms with van der Waals surface area (Å²) in [6, 6.07) is 4.07. The summed E-state index contributed by atoms with van der Waals surface area (Å²) >= 11 is 0. The van der Waals surface area contributed by atoms with Crippen molar-refractivity contribution in [3.63, 3.8) is 0 Å². The second-order valence-electron chi connectivity index (χ2n) is 5.13. The van der Waals surface area contributed by atoms with E-state index in [-0.39, 0.29) is 6.23 Å². The van der Waals surface area contributed by atoms with E-state index in [1.165, 1.54) is 6.42 Å². The number of H-pyrrole nitrogens is 1. The minimum Gasteiger partial charge on any atom is -0.357 e. The predicted octanol–water partition coefficient (Wildman–Crippen LogP) is 3.13. The zero-order valence-corrected chi connectivity index (χ0v) is 11.1. The summed E-state index contributed by atoms with van der Waals surface area (Å²) in [7, 11) is 0. The topological polar surface area (TPSA) is 55.7 Å². The Labute approximate surface area is 116 Å². The maximum atomic E-state index is 5.77. The van der Waals surface area contributed by atoms with E-state index in [2.05, 4.69) is 21.3 Å². The van der Waals surface area contributed by atoms with Gasteiger partial charge < -0.3 is 9.72 Å². The largest absolute Gasteiger partial charge is 0.357 e. The number of nitrogens with one attached hydrogen (secondary N) is 1. The van der Waals surface area contributed by atoms with E-state index in [0.717, 1.165) is 41.6 Å². The lowest BCUT2D eigenvalue weighted by Crippen LogP contribution is -2.18. The van der Waals surface area contributed by atoms with Crippen molar-refractivity contribution in [3.8, 4) is 11.1 Å². The standard InChI is InChI=1S/C15H16N4O/c1-2-8-20-14(3-1)19-10-11(9-18-19)12-4-6-16-15-13(12)5-7-17-15/h4-7,9-10,14H,1-3,8H2,(H,16,17). The summed E-state index contributed by atoms with van der Waals surface area (Å²) in [5.41, 5.74) is 3.16. The van der Waals surface area contributed by atoms with Crippen LogP contribution in [0.2, 0.25) is 0 Å². The van der Waals surface area contributed by atoms with Crippen LogP contribution < -0.4 is 0 Å². The van der Waals surface area contributed by atoms with E-state index in [1.807, 2.05) is 35.4 Å². The van der Waals surface area contributed by atoms with Crippen LogP contribution >= 0.6 is 0 Å². The Morgan fingerprint density at radius 2 is 2.30 bits per heavy atom. The van der Waals surface area contributed by atoms with Gasteiger partial charge in [-0.15, -0.1) is 0 Å². The molecule has 1 fully saturated rings. The molecule has 1 N–H and O–H groups in total. The van der Waals surface area contributed by atoms with Gasteiger partial charge in [0.05, 0.1) is 6.20 Å². The summed E-state index contributed by atoms with van der Waals surface area (Å²) < 4.78 is 7.71. The molecule has 20 heavy (non-hydrogen) atoms. The molecule has 102 valence electrons. The average molecular weight is 268 g/mol. The molecule has 0 saturated carbocycles. The van der Waals surface area contributed by atoms with Gasteiger partial charge in [-0.2, -0.15) is 5.10 Å². The summed E-state index contributed by atoms with van der Waals surface area (Å²) in [5.74, 6) is 0. The van der Waals surface area contributed by atoms with Gasteiger partial charge in [-0.05, 0) is 37.0 Å². The van der Waals surface area contributed by atoms with Gasteiger partial charge in [-0.1, -0.05) is 0 Å². The van der Waals surface area contributed by atoms with Gasteiger partial charge in [0.15, 0.2) is 0 Å². The molecule has 1 unspecified atom stereocenters. The van der Waals surface area contributed by atoms with Gasteiger partial charge in [0.1, 0.15) is 11.9 Å². The van der Waals surface area contributed by atoms with Crippen molar-refractivity contribution in [2.45, 2.75) is 25.5 Å². The van der Waals surface area contributed by atoms with Gasteiger partial charge in [0.2, 0.25) is 0 Å². The van der Waals surface area contributed by atoms with E-state index in [1.54, 1.807) is 0 Å². The molecule has 5 heteroatoms. The molecule has 0 aromatic carbocycles. The van der Waals surface area contributed by atoms with Crippen molar-refractivity contribution in [2.24, 2.45) is 0 Å². The number of aromatic nitrogens is 4. The Bertz CT molecular complexity index is 724. The number of hydrogen-bond acceptors (Lipinski definition) is 3. The second-order valence-corrected chi connectivity index (χ2v) is 5.13. The van der Waals surface area contributed by atoms with Gasteiger partial charge in [-0.25, -0.2) is 9.67 Å². The molecule has 1 atom stereocenters. The normalized spacial score (nSPS) is 19.5. The molecule has 0 bridgehead atoms. The molecular weight excluding hydrogens is 252 g/mol. The van der Waals surface area contributed by atoms with E-state index >= 15 is 0 Å². The highest BCUT2D eigenvalue weighted by molar-refractivity contribution is 5.92. The molecule has 0 spiro atoms. The molecular formula is C15H16N4O. The number of nitrogens with zero attached hydrogens (tertiary/aromatic N) is 3. The fraction of sp³-hybridized carbons (Fsp3) is 0.333. The SMILES string of the molecule is c1cc(-c2cnn(C3CCCCO3)c2)c2cc[nH]c2n1. The number of rotatable bonds is 2. The first kappa shape index (κ1) is 11.7. The van der Waals surface area contributed by atoms with Gasteiger partial charge in [0.25, 0.3) is 0 Å². The highest BCUT2D eigenvalue weighted by Crippen LogP contribution is 2.29. The summed E-state index contributed by atoms with van der Waals surface area (Å²) in [6.07, 6.45) is 11.2. The highest BCUT2D eigenvalue weighted by Gasteiger charge is 2.17. The maximum Gasteiger partial charge on any atom is 0.150 e. The third-order valence-electron chi connectivity index (χ3n) is 3.82. The smallest absolute Gasteiger partial charge is 0.150 e. The average Bonchev–Trinajstić information content (AvgIpc) is 3.17. The zero-order chi connectivity index (χ0) is 13.4. The molecule has 4 rings (SSSR count). The lowest BCUT2D eigenvalue weighted by molar-refractivity contribution is -0.0394. The quantitative estimate of drug-likeness (QED) is 0.777. The molecule has 0 amide bonds. The van der Waals surface area contributed by atoms with E-state index in [4.69, 9.17) is 4.74 Å². The van der Waals surface area contributed by atoms with E-state index in [9.17, 15) is 0 Å². The second kappa shape index (κ2) is 4.76.